The maximum atomic E-state index is 13.1. The summed E-state index contributed by atoms with van der Waals surface area (Å²) in [7, 11) is 1.92. The molecule has 2 atom stereocenters. The first kappa shape index (κ1) is 28.6. The number of nitrogen functional groups attached to an aromatic ring is 1. The van der Waals surface area contributed by atoms with Gasteiger partial charge in [-0.25, -0.2) is 9.97 Å². The van der Waals surface area contributed by atoms with E-state index in [1.165, 1.54) is 0 Å². The van der Waals surface area contributed by atoms with Crippen molar-refractivity contribution in [2.24, 2.45) is 30.7 Å². The first-order valence-electron chi connectivity index (χ1n) is 15.1. The molecule has 1 amide bonds. The number of aromatic nitrogens is 6. The number of nitriles is 1. The zero-order valence-electron chi connectivity index (χ0n) is 24.6. The molecule has 13 heteroatoms. The number of rotatable bonds is 12. The lowest BCUT2D eigenvalue weighted by atomic mass is 9.98. The summed E-state index contributed by atoms with van der Waals surface area (Å²) in [6.45, 7) is 4.07. The van der Waals surface area contributed by atoms with Crippen LogP contribution in [0.3, 0.4) is 0 Å². The summed E-state index contributed by atoms with van der Waals surface area (Å²) in [4.78, 5) is 37.2. The summed E-state index contributed by atoms with van der Waals surface area (Å²) in [5.74, 6) is 1.94. The predicted molar refractivity (Wildman–Crippen MR) is 158 cm³/mol. The molecule has 3 N–H and O–H groups in total. The molecule has 226 valence electrons. The van der Waals surface area contributed by atoms with Crippen LogP contribution in [-0.2, 0) is 7.05 Å². The van der Waals surface area contributed by atoms with Crippen LogP contribution in [0.4, 0.5) is 11.8 Å². The molecule has 0 aromatic carbocycles. The van der Waals surface area contributed by atoms with Crippen LogP contribution >= 0.6 is 0 Å². The van der Waals surface area contributed by atoms with Crippen molar-refractivity contribution >= 4 is 17.7 Å². The molecule has 2 aliphatic carbocycles. The molecule has 43 heavy (non-hydrogen) atoms. The van der Waals surface area contributed by atoms with Gasteiger partial charge in [-0.05, 0) is 69.3 Å². The monoisotopic (exact) mass is 586 g/mol. The highest BCUT2D eigenvalue weighted by molar-refractivity contribution is 5.91. The Morgan fingerprint density at radius 3 is 2.56 bits per heavy atom. The van der Waals surface area contributed by atoms with Crippen LogP contribution in [0.15, 0.2) is 24.8 Å². The zero-order valence-corrected chi connectivity index (χ0v) is 24.6. The Hall–Kier alpha value is -4.47. The number of aryl methyl sites for hydroxylation is 1. The zero-order chi connectivity index (χ0) is 29.9. The van der Waals surface area contributed by atoms with Crippen molar-refractivity contribution in [3.05, 3.63) is 30.6 Å². The van der Waals surface area contributed by atoms with Gasteiger partial charge in [-0.3, -0.25) is 4.79 Å². The molecule has 13 nitrogen and oxygen atoms in total. The minimum absolute atomic E-state index is 0.0358. The van der Waals surface area contributed by atoms with Gasteiger partial charge in [0.1, 0.15) is 6.61 Å². The number of amides is 1. The Bertz CT molecular complexity index is 1490. The average molecular weight is 587 g/mol. The molecule has 0 radical (unpaired) electrons. The highest BCUT2D eigenvalue weighted by atomic mass is 16.5. The van der Waals surface area contributed by atoms with Crippen molar-refractivity contribution in [1.29, 1.82) is 5.26 Å². The van der Waals surface area contributed by atoms with Crippen LogP contribution in [0.2, 0.25) is 0 Å². The molecular weight excluding hydrogens is 548 g/mol. The third-order valence-corrected chi connectivity index (χ3v) is 8.50. The van der Waals surface area contributed by atoms with Crippen molar-refractivity contribution in [2.45, 2.75) is 51.5 Å². The van der Waals surface area contributed by atoms with E-state index < -0.39 is 0 Å². The Labute approximate surface area is 250 Å². The van der Waals surface area contributed by atoms with Crippen molar-refractivity contribution in [3.8, 4) is 29.1 Å². The van der Waals surface area contributed by atoms with Gasteiger partial charge < -0.3 is 30.0 Å². The average Bonchev–Trinajstić information content (AvgIpc) is 3.95. The number of hydrogen-bond acceptors (Lipinski definition) is 11. The molecule has 1 unspecified atom stereocenters. The van der Waals surface area contributed by atoms with E-state index >= 15 is 0 Å². The van der Waals surface area contributed by atoms with E-state index in [4.69, 9.17) is 15.2 Å². The Morgan fingerprint density at radius 1 is 1.12 bits per heavy atom. The number of ether oxygens (including phenoxy) is 2. The maximum absolute atomic E-state index is 13.1. The summed E-state index contributed by atoms with van der Waals surface area (Å²) in [6.07, 6.45) is 11.3. The molecule has 0 spiro atoms. The molecule has 0 bridgehead atoms. The van der Waals surface area contributed by atoms with E-state index in [9.17, 15) is 10.1 Å². The minimum atomic E-state index is -0.339. The topological polar surface area (TPSA) is 170 Å². The smallest absolute Gasteiger partial charge is 0.322 e. The number of pyridine rings is 1. The molecule has 4 heterocycles. The van der Waals surface area contributed by atoms with Crippen LogP contribution in [0.25, 0.3) is 11.3 Å². The highest BCUT2D eigenvalue weighted by Gasteiger charge is 2.33. The third-order valence-electron chi connectivity index (χ3n) is 8.50. The van der Waals surface area contributed by atoms with Crippen LogP contribution in [-0.4, -0.2) is 67.7 Å². The molecule has 3 aromatic heterocycles. The second-order valence-corrected chi connectivity index (χ2v) is 12.0. The lowest BCUT2D eigenvalue weighted by Crippen LogP contribution is -2.38. The Morgan fingerprint density at radius 2 is 1.88 bits per heavy atom. The molecule has 3 aromatic rings. The van der Waals surface area contributed by atoms with Gasteiger partial charge >= 0.3 is 6.01 Å². The minimum Gasteiger partial charge on any atom is -0.489 e. The van der Waals surface area contributed by atoms with Gasteiger partial charge in [-0.2, -0.15) is 20.2 Å². The van der Waals surface area contributed by atoms with Crippen LogP contribution < -0.4 is 25.4 Å². The molecule has 6 rings (SSSR count). The van der Waals surface area contributed by atoms with Gasteiger partial charge in [0.15, 0.2) is 11.6 Å². The number of carbonyl (C=O) groups is 1. The summed E-state index contributed by atoms with van der Waals surface area (Å²) in [5, 5.41) is 12.5. The Kier molecular flexibility index (Phi) is 8.26. The fourth-order valence-electron chi connectivity index (χ4n) is 5.36. The van der Waals surface area contributed by atoms with Crippen molar-refractivity contribution < 1.29 is 14.3 Å². The molecule has 2 saturated carbocycles. The first-order valence-corrected chi connectivity index (χ1v) is 15.1. The molecule has 3 aliphatic rings. The van der Waals surface area contributed by atoms with E-state index in [0.717, 1.165) is 49.8 Å². The maximum Gasteiger partial charge on any atom is 0.322 e. The predicted octanol–water partition coefficient (Wildman–Crippen LogP) is 3.00. The second kappa shape index (κ2) is 12.4. The lowest BCUT2D eigenvalue weighted by molar-refractivity contribution is 0.0922. The molecule has 3 fully saturated rings. The number of nitrogens with zero attached hydrogens (tertiary/aromatic N) is 8. The molecular formula is C30H38N10O3. The molecule has 1 saturated heterocycles. The van der Waals surface area contributed by atoms with E-state index in [1.807, 2.05) is 35.7 Å². The fraction of sp³-hybridized carbons (Fsp3) is 0.567. The van der Waals surface area contributed by atoms with Crippen molar-refractivity contribution in [2.75, 3.05) is 36.9 Å². The van der Waals surface area contributed by atoms with E-state index in [1.54, 1.807) is 12.5 Å². The molecule has 1 aliphatic heterocycles. The van der Waals surface area contributed by atoms with Gasteiger partial charge in [0.2, 0.25) is 11.8 Å². The van der Waals surface area contributed by atoms with Gasteiger partial charge in [0.25, 0.3) is 5.91 Å². The quantitative estimate of drug-likeness (QED) is 0.320. The third kappa shape index (κ3) is 7.13. The number of hydrogen-bond donors (Lipinski definition) is 2. The van der Waals surface area contributed by atoms with Gasteiger partial charge in [0, 0.05) is 44.1 Å². The number of anilines is 2. The van der Waals surface area contributed by atoms with Crippen LogP contribution in [0, 0.1) is 35.0 Å². The largest absolute Gasteiger partial charge is 0.489 e. The van der Waals surface area contributed by atoms with E-state index in [2.05, 4.69) is 36.3 Å². The fourth-order valence-corrected chi connectivity index (χ4v) is 5.36. The summed E-state index contributed by atoms with van der Waals surface area (Å²) < 4.78 is 13.9. The normalized spacial score (nSPS) is 18.5. The lowest BCUT2D eigenvalue weighted by Gasteiger charge is -2.32. The Balaban J connectivity index is 1.09. The number of piperidine rings is 1. The summed E-state index contributed by atoms with van der Waals surface area (Å²) in [6, 6.07) is 4.34. The summed E-state index contributed by atoms with van der Waals surface area (Å²) in [5.41, 5.74) is 7.76. The van der Waals surface area contributed by atoms with E-state index in [-0.39, 0.29) is 36.3 Å². The highest BCUT2D eigenvalue weighted by Crippen LogP contribution is 2.37. The standard InChI is InChI=1S/C30H38N10O3/c1-18(20-3-4-20)35-28(41)27-36-29(38-30(37-27)43-16-23(12-31)21-5-6-21)40-9-7-19(8-10-40)15-42-25-11-22(13-33-26(25)32)24-14-39(2)17-34-24/h11,13-14,17-21,23H,3-10,15-16H2,1-2H3,(H2,32,33)(H,35,41)/t18-,23?/m1/s1. The van der Waals surface area contributed by atoms with Gasteiger partial charge in [-0.1, -0.05) is 0 Å². The van der Waals surface area contributed by atoms with Crippen molar-refractivity contribution in [3.63, 3.8) is 0 Å². The van der Waals surface area contributed by atoms with Crippen LogP contribution in [0.1, 0.15) is 56.1 Å². The van der Waals surface area contributed by atoms with Crippen LogP contribution in [0.5, 0.6) is 11.8 Å². The first-order chi connectivity index (χ1) is 20.9. The summed E-state index contributed by atoms with van der Waals surface area (Å²) >= 11 is 0. The number of carbonyl (C=O) groups excluding carboxylic acids is 1. The number of nitrogens with two attached hydrogens (primary N) is 1. The van der Waals surface area contributed by atoms with Gasteiger partial charge in [-0.15, -0.1) is 0 Å². The SMILES string of the molecule is C[C@@H](NC(=O)c1nc(OCC(C#N)C2CC2)nc(N2CCC(COc3cc(-c4cn(C)cn4)cnc3N)CC2)n1)C1CC1. The van der Waals surface area contributed by atoms with E-state index in [0.29, 0.717) is 55.0 Å². The number of nitrogens with one attached hydrogen (secondary N) is 1. The van der Waals surface area contributed by atoms with Gasteiger partial charge in [0.05, 0.1) is 30.6 Å². The second-order valence-electron chi connectivity index (χ2n) is 12.0. The number of imidazole rings is 1. The van der Waals surface area contributed by atoms with Crippen molar-refractivity contribution in [1.82, 2.24) is 34.8 Å².